The molecule has 0 atom stereocenters. The number of fused-ring (bicyclic) bond motifs is 1. The third-order valence-electron chi connectivity index (χ3n) is 3.58. The molecule has 5 nitrogen and oxygen atoms in total. The summed E-state index contributed by atoms with van der Waals surface area (Å²) in [6.45, 7) is -0.539. The van der Waals surface area contributed by atoms with Crippen LogP contribution in [0.2, 0.25) is 0 Å². The zero-order valence-electron chi connectivity index (χ0n) is 13.9. The van der Waals surface area contributed by atoms with Crippen molar-refractivity contribution in [3.05, 3.63) is 54.1 Å². The zero-order valence-corrected chi connectivity index (χ0v) is 13.9. The van der Waals surface area contributed by atoms with Crippen molar-refractivity contribution in [2.24, 2.45) is 0 Å². The average molecular weight is 363 g/mol. The molecule has 0 aliphatic rings. The maximum atomic E-state index is 13.5. The first-order valence-electron chi connectivity index (χ1n) is 7.91. The van der Waals surface area contributed by atoms with Crippen LogP contribution >= 0.6 is 0 Å². The third-order valence-corrected chi connectivity index (χ3v) is 3.58. The smallest absolute Gasteiger partial charge is 0.387 e. The number of halogens is 3. The highest BCUT2D eigenvalue weighted by molar-refractivity contribution is 5.88. The van der Waals surface area contributed by atoms with Gasteiger partial charge >= 0.3 is 6.61 Å². The molecule has 0 fully saturated rings. The molecule has 8 heteroatoms. The molecule has 0 saturated heterocycles. The lowest BCUT2D eigenvalue weighted by Crippen LogP contribution is -2.06. The Labute approximate surface area is 147 Å². The van der Waals surface area contributed by atoms with Gasteiger partial charge in [0.1, 0.15) is 18.0 Å². The number of nitrogens with zero attached hydrogens (tertiary/aromatic N) is 2. The van der Waals surface area contributed by atoms with Crippen molar-refractivity contribution in [2.75, 3.05) is 11.9 Å². The summed E-state index contributed by atoms with van der Waals surface area (Å²) in [5, 5.41) is 3.65. The van der Waals surface area contributed by atoms with E-state index in [-0.39, 0.29) is 17.3 Å². The number of hydrogen-bond acceptors (Lipinski definition) is 5. The minimum atomic E-state index is -2.93. The second-order valence-electron chi connectivity index (χ2n) is 5.33. The quantitative estimate of drug-likeness (QED) is 0.675. The van der Waals surface area contributed by atoms with Crippen LogP contribution in [0.4, 0.5) is 19.0 Å². The van der Waals surface area contributed by atoms with Gasteiger partial charge in [0.25, 0.3) is 0 Å². The Kier molecular flexibility index (Phi) is 5.40. The fraction of sp³-hybridized carbons (Fsp3) is 0.222. The molecule has 0 amide bonds. The van der Waals surface area contributed by atoms with Crippen molar-refractivity contribution in [1.82, 2.24) is 9.97 Å². The molecule has 3 aromatic rings. The first-order valence-corrected chi connectivity index (χ1v) is 7.91. The SMILES string of the molecule is CCOc1cc(CNc2ncnc3ccc(F)cc23)ccc1OC(F)F. The summed E-state index contributed by atoms with van der Waals surface area (Å²) in [4.78, 5) is 8.22. The van der Waals surface area contributed by atoms with Gasteiger partial charge in [-0.25, -0.2) is 14.4 Å². The van der Waals surface area contributed by atoms with E-state index in [1.807, 2.05) is 0 Å². The van der Waals surface area contributed by atoms with E-state index in [9.17, 15) is 13.2 Å². The lowest BCUT2D eigenvalue weighted by atomic mass is 10.2. The molecule has 0 aliphatic carbocycles. The van der Waals surface area contributed by atoms with Crippen LogP contribution < -0.4 is 14.8 Å². The van der Waals surface area contributed by atoms with Gasteiger partial charge < -0.3 is 14.8 Å². The van der Waals surface area contributed by atoms with Crippen molar-refractivity contribution in [3.8, 4) is 11.5 Å². The summed E-state index contributed by atoms with van der Waals surface area (Å²) in [6.07, 6.45) is 1.38. The second-order valence-corrected chi connectivity index (χ2v) is 5.33. The molecular formula is C18H16F3N3O2. The zero-order chi connectivity index (χ0) is 18.5. The number of ether oxygens (including phenoxy) is 2. The topological polar surface area (TPSA) is 56.3 Å². The molecule has 0 saturated carbocycles. The Morgan fingerprint density at radius 2 is 1.92 bits per heavy atom. The molecule has 2 aromatic carbocycles. The van der Waals surface area contributed by atoms with Gasteiger partial charge in [-0.15, -0.1) is 0 Å². The van der Waals surface area contributed by atoms with Gasteiger partial charge in [0.2, 0.25) is 0 Å². The van der Waals surface area contributed by atoms with Gasteiger partial charge in [0, 0.05) is 11.9 Å². The maximum Gasteiger partial charge on any atom is 0.387 e. The Balaban J connectivity index is 1.81. The first-order chi connectivity index (χ1) is 12.6. The fourth-order valence-corrected chi connectivity index (χ4v) is 2.48. The molecule has 0 bridgehead atoms. The molecule has 0 spiro atoms. The van der Waals surface area contributed by atoms with E-state index >= 15 is 0 Å². The van der Waals surface area contributed by atoms with Crippen LogP contribution in [0.3, 0.4) is 0 Å². The fourth-order valence-electron chi connectivity index (χ4n) is 2.48. The molecule has 136 valence electrons. The van der Waals surface area contributed by atoms with E-state index in [2.05, 4.69) is 20.0 Å². The van der Waals surface area contributed by atoms with Crippen LogP contribution in [-0.4, -0.2) is 23.2 Å². The summed E-state index contributed by atoms with van der Waals surface area (Å²) in [6, 6.07) is 8.92. The van der Waals surface area contributed by atoms with E-state index in [0.29, 0.717) is 29.9 Å². The van der Waals surface area contributed by atoms with E-state index < -0.39 is 6.61 Å². The molecule has 0 unspecified atom stereocenters. The minimum Gasteiger partial charge on any atom is -0.490 e. The van der Waals surface area contributed by atoms with Crippen molar-refractivity contribution < 1.29 is 22.6 Å². The molecule has 0 aliphatic heterocycles. The van der Waals surface area contributed by atoms with Crippen LogP contribution in [0, 0.1) is 5.82 Å². The Morgan fingerprint density at radius 3 is 2.69 bits per heavy atom. The van der Waals surface area contributed by atoms with Crippen LogP contribution in [0.5, 0.6) is 11.5 Å². The Hall–Kier alpha value is -3.03. The number of aromatic nitrogens is 2. The maximum absolute atomic E-state index is 13.5. The number of anilines is 1. The molecule has 26 heavy (non-hydrogen) atoms. The highest BCUT2D eigenvalue weighted by Crippen LogP contribution is 2.30. The van der Waals surface area contributed by atoms with Gasteiger partial charge in [-0.3, -0.25) is 0 Å². The van der Waals surface area contributed by atoms with Crippen LogP contribution in [-0.2, 0) is 6.54 Å². The number of hydrogen-bond donors (Lipinski definition) is 1. The molecule has 1 aromatic heterocycles. The Morgan fingerprint density at radius 1 is 1.08 bits per heavy atom. The van der Waals surface area contributed by atoms with E-state index in [1.165, 1.54) is 24.5 Å². The van der Waals surface area contributed by atoms with Gasteiger partial charge in [-0.2, -0.15) is 8.78 Å². The Bertz CT molecular complexity index is 906. The van der Waals surface area contributed by atoms with Gasteiger partial charge in [-0.1, -0.05) is 6.07 Å². The van der Waals surface area contributed by atoms with Crippen molar-refractivity contribution in [2.45, 2.75) is 20.1 Å². The molecular weight excluding hydrogens is 347 g/mol. The average Bonchev–Trinajstić information content (AvgIpc) is 2.61. The number of nitrogens with one attached hydrogen (secondary N) is 1. The van der Waals surface area contributed by atoms with Gasteiger partial charge in [0.05, 0.1) is 12.1 Å². The van der Waals surface area contributed by atoms with Crippen molar-refractivity contribution >= 4 is 16.7 Å². The predicted molar refractivity (Wildman–Crippen MR) is 91.1 cm³/mol. The standard InChI is InChI=1S/C18H16F3N3O2/c1-2-25-16-7-11(3-6-15(16)26-18(20)21)9-22-17-13-8-12(19)4-5-14(13)23-10-24-17/h3-8,10,18H,2,9H2,1H3,(H,22,23,24). The van der Waals surface area contributed by atoms with Crippen LogP contribution in [0.1, 0.15) is 12.5 Å². The number of rotatable bonds is 7. The predicted octanol–water partition coefficient (Wildman–Crippen LogP) is 4.38. The third kappa shape index (κ3) is 4.14. The molecule has 0 radical (unpaired) electrons. The van der Waals surface area contributed by atoms with E-state index in [1.54, 1.807) is 25.1 Å². The highest BCUT2D eigenvalue weighted by Gasteiger charge is 2.12. The number of benzene rings is 2. The summed E-state index contributed by atoms with van der Waals surface area (Å²) >= 11 is 0. The highest BCUT2D eigenvalue weighted by atomic mass is 19.3. The van der Waals surface area contributed by atoms with Crippen LogP contribution in [0.25, 0.3) is 10.9 Å². The normalized spacial score (nSPS) is 11.0. The minimum absolute atomic E-state index is 0.0276. The van der Waals surface area contributed by atoms with Crippen molar-refractivity contribution in [3.63, 3.8) is 0 Å². The largest absolute Gasteiger partial charge is 0.490 e. The summed E-state index contributed by atoms with van der Waals surface area (Å²) < 4.78 is 48.2. The lowest BCUT2D eigenvalue weighted by Gasteiger charge is -2.13. The van der Waals surface area contributed by atoms with E-state index in [4.69, 9.17) is 4.74 Å². The molecule has 1 heterocycles. The number of alkyl halides is 2. The summed E-state index contributed by atoms with van der Waals surface area (Å²) in [7, 11) is 0. The summed E-state index contributed by atoms with van der Waals surface area (Å²) in [5.74, 6) is 0.286. The summed E-state index contributed by atoms with van der Waals surface area (Å²) in [5.41, 5.74) is 1.37. The monoisotopic (exact) mass is 363 g/mol. The molecule has 1 N–H and O–H groups in total. The second kappa shape index (κ2) is 7.90. The lowest BCUT2D eigenvalue weighted by molar-refractivity contribution is -0.0514. The molecule has 3 rings (SSSR count). The first kappa shape index (κ1) is 17.8. The van der Waals surface area contributed by atoms with Crippen LogP contribution in [0.15, 0.2) is 42.7 Å². The van der Waals surface area contributed by atoms with Gasteiger partial charge in [-0.05, 0) is 42.8 Å². The van der Waals surface area contributed by atoms with Crippen molar-refractivity contribution in [1.29, 1.82) is 0 Å². The van der Waals surface area contributed by atoms with E-state index in [0.717, 1.165) is 5.56 Å². The van der Waals surface area contributed by atoms with Gasteiger partial charge in [0.15, 0.2) is 11.5 Å².